The largest absolute Gasteiger partial charge is 0.374 e. The first kappa shape index (κ1) is 12.5. The Morgan fingerprint density at radius 2 is 2.18 bits per heavy atom. The first-order chi connectivity index (χ1) is 8.01. The van der Waals surface area contributed by atoms with Gasteiger partial charge in [0, 0.05) is 6.07 Å². The van der Waals surface area contributed by atoms with Crippen LogP contribution in [0.25, 0.3) is 0 Å². The number of rotatable bonds is 3. The summed E-state index contributed by atoms with van der Waals surface area (Å²) in [5.74, 6) is -1.08. The molecule has 0 aromatic carbocycles. The molecule has 0 amide bonds. The minimum atomic E-state index is -3.13. The summed E-state index contributed by atoms with van der Waals surface area (Å²) in [7, 11) is 0. The molecular weight excluding hydrogens is 234 g/mol. The van der Waals surface area contributed by atoms with Crippen molar-refractivity contribution in [1.29, 1.82) is 10.5 Å². The van der Waals surface area contributed by atoms with Crippen LogP contribution in [0, 0.1) is 32.8 Å². The third-order valence-electron chi connectivity index (χ3n) is 1.90. The maximum Gasteiger partial charge on any atom is 0.374 e. The fourth-order valence-electron chi connectivity index (χ4n) is 1.26. The van der Waals surface area contributed by atoms with Crippen LogP contribution in [0.2, 0.25) is 0 Å². The highest BCUT2D eigenvalue weighted by Gasteiger charge is 2.28. The van der Waals surface area contributed by atoms with Crippen LogP contribution < -0.4 is 0 Å². The standard InChI is InChI=1S/C9H4F2N4O2/c10-8(11)7-5(1-2-12)3-6(4-13)14-9(7)15(16)17/h3,8H,1H2. The number of nitriles is 2. The molecule has 0 spiro atoms. The van der Waals surface area contributed by atoms with Gasteiger partial charge in [0.25, 0.3) is 12.1 Å². The van der Waals surface area contributed by atoms with Crippen molar-refractivity contribution in [2.45, 2.75) is 12.8 Å². The minimum Gasteiger partial charge on any atom is -0.358 e. The molecule has 17 heavy (non-hydrogen) atoms. The lowest BCUT2D eigenvalue weighted by atomic mass is 10.1. The average Bonchev–Trinajstić information content (AvgIpc) is 2.27. The summed E-state index contributed by atoms with van der Waals surface area (Å²) in [6.07, 6.45) is -3.57. The van der Waals surface area contributed by atoms with Gasteiger partial charge < -0.3 is 10.1 Å². The van der Waals surface area contributed by atoms with E-state index in [0.717, 1.165) is 6.07 Å². The quantitative estimate of drug-likeness (QED) is 0.590. The van der Waals surface area contributed by atoms with E-state index in [1.807, 2.05) is 0 Å². The van der Waals surface area contributed by atoms with Crippen LogP contribution >= 0.6 is 0 Å². The molecule has 1 aromatic heterocycles. The average molecular weight is 238 g/mol. The molecule has 0 saturated heterocycles. The smallest absolute Gasteiger partial charge is 0.358 e. The van der Waals surface area contributed by atoms with E-state index in [0.29, 0.717) is 0 Å². The fraction of sp³-hybridized carbons (Fsp3) is 0.222. The molecule has 0 aliphatic carbocycles. The Hall–Kier alpha value is -2.61. The molecule has 0 saturated carbocycles. The van der Waals surface area contributed by atoms with Crippen molar-refractivity contribution in [1.82, 2.24) is 4.98 Å². The van der Waals surface area contributed by atoms with Gasteiger partial charge >= 0.3 is 5.82 Å². The first-order valence-electron chi connectivity index (χ1n) is 4.24. The molecule has 6 nitrogen and oxygen atoms in total. The highest BCUT2D eigenvalue weighted by Crippen LogP contribution is 2.31. The van der Waals surface area contributed by atoms with Crippen LogP contribution in [-0.4, -0.2) is 9.91 Å². The zero-order valence-electron chi connectivity index (χ0n) is 8.22. The second-order valence-corrected chi connectivity index (χ2v) is 2.91. The molecule has 1 rings (SSSR count). The van der Waals surface area contributed by atoms with Crippen LogP contribution in [0.4, 0.5) is 14.6 Å². The van der Waals surface area contributed by atoms with Crippen molar-refractivity contribution >= 4 is 5.82 Å². The Balaban J connectivity index is 3.57. The predicted octanol–water partition coefficient (Wildman–Crippen LogP) is 1.87. The number of aromatic nitrogens is 1. The summed E-state index contributed by atoms with van der Waals surface area (Å²) >= 11 is 0. The third kappa shape index (κ3) is 2.49. The zero-order chi connectivity index (χ0) is 13.0. The Labute approximate surface area is 93.9 Å². The number of nitrogens with zero attached hydrogens (tertiary/aromatic N) is 4. The molecule has 0 aliphatic heterocycles. The summed E-state index contributed by atoms with van der Waals surface area (Å²) in [6, 6.07) is 4.08. The number of alkyl halides is 2. The highest BCUT2D eigenvalue weighted by atomic mass is 19.3. The lowest BCUT2D eigenvalue weighted by Crippen LogP contribution is -2.05. The number of halogens is 2. The van der Waals surface area contributed by atoms with Gasteiger partial charge in [0.1, 0.15) is 11.6 Å². The monoisotopic (exact) mass is 238 g/mol. The van der Waals surface area contributed by atoms with Gasteiger partial charge in [-0.25, -0.2) is 8.78 Å². The van der Waals surface area contributed by atoms with Crippen molar-refractivity contribution in [3.8, 4) is 12.1 Å². The molecule has 0 bridgehead atoms. The maximum absolute atomic E-state index is 12.7. The molecule has 0 aliphatic rings. The van der Waals surface area contributed by atoms with Crippen molar-refractivity contribution in [2.24, 2.45) is 0 Å². The summed E-state index contributed by atoms with van der Waals surface area (Å²) < 4.78 is 25.3. The van der Waals surface area contributed by atoms with Crippen molar-refractivity contribution in [2.75, 3.05) is 0 Å². The van der Waals surface area contributed by atoms with Gasteiger partial charge in [-0.3, -0.25) is 0 Å². The summed E-state index contributed by atoms with van der Waals surface area (Å²) in [6.45, 7) is 0. The Kier molecular flexibility index (Phi) is 3.62. The number of hydrogen-bond acceptors (Lipinski definition) is 5. The van der Waals surface area contributed by atoms with E-state index < -0.39 is 29.2 Å². The maximum atomic E-state index is 12.7. The molecule has 86 valence electrons. The molecule has 8 heteroatoms. The van der Waals surface area contributed by atoms with Gasteiger partial charge in [-0.1, -0.05) is 0 Å². The second-order valence-electron chi connectivity index (χ2n) is 2.91. The molecule has 0 N–H and O–H groups in total. The Morgan fingerprint density at radius 1 is 1.53 bits per heavy atom. The SMILES string of the molecule is N#CCc1cc(C#N)nc([N+](=O)[O-])c1C(F)F. The van der Waals surface area contributed by atoms with E-state index in [2.05, 4.69) is 4.98 Å². The molecule has 1 heterocycles. The van der Waals surface area contributed by atoms with E-state index in [4.69, 9.17) is 10.5 Å². The van der Waals surface area contributed by atoms with Gasteiger partial charge in [0.05, 0.1) is 12.5 Å². The minimum absolute atomic E-state index is 0.249. The fourth-order valence-corrected chi connectivity index (χ4v) is 1.26. The van der Waals surface area contributed by atoms with Crippen LogP contribution in [0.3, 0.4) is 0 Å². The molecule has 0 atom stereocenters. The lowest BCUT2D eigenvalue weighted by Gasteiger charge is -2.05. The van der Waals surface area contributed by atoms with E-state index >= 15 is 0 Å². The molecule has 0 radical (unpaired) electrons. The predicted molar refractivity (Wildman–Crippen MR) is 49.9 cm³/mol. The topological polar surface area (TPSA) is 104 Å². The highest BCUT2D eigenvalue weighted by molar-refractivity contribution is 5.45. The zero-order valence-corrected chi connectivity index (χ0v) is 8.22. The van der Waals surface area contributed by atoms with Crippen molar-refractivity contribution in [3.05, 3.63) is 33.0 Å². The van der Waals surface area contributed by atoms with Crippen LogP contribution in [0.1, 0.15) is 23.2 Å². The van der Waals surface area contributed by atoms with Crippen LogP contribution in [0.5, 0.6) is 0 Å². The molecule has 0 fully saturated rings. The summed E-state index contributed by atoms with van der Waals surface area (Å²) in [5, 5.41) is 27.6. The number of nitro groups is 1. The third-order valence-corrected chi connectivity index (χ3v) is 1.90. The van der Waals surface area contributed by atoms with Gasteiger partial charge in [-0.2, -0.15) is 10.5 Å². The van der Waals surface area contributed by atoms with E-state index in [1.165, 1.54) is 6.07 Å². The van der Waals surface area contributed by atoms with E-state index in [-0.39, 0.29) is 11.3 Å². The van der Waals surface area contributed by atoms with Gasteiger partial charge in [0.2, 0.25) is 0 Å². The Bertz CT molecular complexity index is 545. The van der Waals surface area contributed by atoms with Gasteiger partial charge in [-0.05, 0) is 15.5 Å². The summed E-state index contributed by atoms with van der Waals surface area (Å²) in [5.41, 5.74) is -1.53. The molecule has 1 aromatic rings. The summed E-state index contributed by atoms with van der Waals surface area (Å²) in [4.78, 5) is 12.7. The number of hydrogen-bond donors (Lipinski definition) is 0. The van der Waals surface area contributed by atoms with Crippen LogP contribution in [-0.2, 0) is 6.42 Å². The Morgan fingerprint density at radius 3 is 2.59 bits per heavy atom. The van der Waals surface area contributed by atoms with Crippen molar-refractivity contribution < 1.29 is 13.7 Å². The second kappa shape index (κ2) is 4.94. The number of pyridine rings is 1. The van der Waals surface area contributed by atoms with E-state index in [9.17, 15) is 18.9 Å². The van der Waals surface area contributed by atoms with E-state index in [1.54, 1.807) is 6.07 Å². The van der Waals surface area contributed by atoms with Gasteiger partial charge in [-0.15, -0.1) is 0 Å². The molecular formula is C9H4F2N4O2. The van der Waals surface area contributed by atoms with Crippen LogP contribution in [0.15, 0.2) is 6.07 Å². The van der Waals surface area contributed by atoms with Crippen molar-refractivity contribution in [3.63, 3.8) is 0 Å². The molecule has 0 unspecified atom stereocenters. The lowest BCUT2D eigenvalue weighted by molar-refractivity contribution is -0.391. The van der Waals surface area contributed by atoms with Gasteiger partial charge in [0.15, 0.2) is 0 Å². The normalized spacial score (nSPS) is 9.71. The first-order valence-corrected chi connectivity index (χ1v) is 4.24.